The van der Waals surface area contributed by atoms with E-state index in [-0.39, 0.29) is 5.78 Å². The Hall–Kier alpha value is -1.42. The summed E-state index contributed by atoms with van der Waals surface area (Å²) in [7, 11) is 0. The Morgan fingerprint density at radius 1 is 1.47 bits per heavy atom. The molecule has 1 aliphatic rings. The maximum Gasteiger partial charge on any atom is 0.331 e. The van der Waals surface area contributed by atoms with E-state index in [1.807, 2.05) is 17.5 Å². The molecule has 0 N–H and O–H groups in total. The molecule has 1 aromatic heterocycles. The summed E-state index contributed by atoms with van der Waals surface area (Å²) in [5.41, 5.74) is 0. The zero-order valence-electron chi connectivity index (χ0n) is 9.43. The number of hydrogen-bond donors (Lipinski definition) is 0. The Kier molecular flexibility index (Phi) is 4.09. The molecule has 0 spiro atoms. The summed E-state index contributed by atoms with van der Waals surface area (Å²) in [6, 6.07) is 3.83. The van der Waals surface area contributed by atoms with Crippen LogP contribution in [-0.2, 0) is 14.3 Å². The molecule has 1 heterocycles. The number of hydrogen-bond acceptors (Lipinski definition) is 4. The molecule has 1 saturated carbocycles. The summed E-state index contributed by atoms with van der Waals surface area (Å²) in [6.45, 7) is 0. The van der Waals surface area contributed by atoms with E-state index in [2.05, 4.69) is 0 Å². The van der Waals surface area contributed by atoms with Crippen molar-refractivity contribution in [3.05, 3.63) is 28.5 Å². The number of carbonyl (C=O) groups excluding carboxylic acids is 2. The average Bonchev–Trinajstić information content (AvgIpc) is 2.82. The lowest BCUT2D eigenvalue weighted by atomic mass is 9.96. The van der Waals surface area contributed by atoms with Crippen LogP contribution in [0.2, 0.25) is 0 Å². The number of rotatable bonds is 3. The second-order valence-corrected chi connectivity index (χ2v) is 4.97. The van der Waals surface area contributed by atoms with Gasteiger partial charge in [0.2, 0.25) is 0 Å². The van der Waals surface area contributed by atoms with Gasteiger partial charge >= 0.3 is 5.97 Å². The minimum Gasteiger partial charge on any atom is -0.451 e. The van der Waals surface area contributed by atoms with Gasteiger partial charge in [-0.25, -0.2) is 4.79 Å². The maximum atomic E-state index is 11.5. The molecule has 1 atom stereocenters. The first-order chi connectivity index (χ1) is 8.25. The third kappa shape index (κ3) is 3.53. The standard InChI is InChI=1S/C13H14O3S/c14-11-5-1-2-6-12(11)16-13(15)8-7-10-4-3-9-17-10/h3-4,7-9,12H,1-2,5-6H2/b8-7+/t12-/m1/s1. The molecule has 4 heteroatoms. The molecule has 1 aliphatic carbocycles. The molecule has 0 aromatic carbocycles. The van der Waals surface area contributed by atoms with Gasteiger partial charge < -0.3 is 4.74 Å². The second-order valence-electron chi connectivity index (χ2n) is 3.99. The zero-order valence-corrected chi connectivity index (χ0v) is 10.2. The Bertz CT molecular complexity index is 420. The van der Waals surface area contributed by atoms with Crippen molar-refractivity contribution in [1.82, 2.24) is 0 Å². The van der Waals surface area contributed by atoms with E-state index in [0.717, 1.165) is 17.7 Å². The summed E-state index contributed by atoms with van der Waals surface area (Å²) >= 11 is 1.55. The number of ether oxygens (including phenoxy) is 1. The van der Waals surface area contributed by atoms with E-state index in [1.54, 1.807) is 17.4 Å². The third-order valence-corrected chi connectivity index (χ3v) is 3.52. The summed E-state index contributed by atoms with van der Waals surface area (Å²) in [4.78, 5) is 24.0. The molecule has 1 aromatic rings. The molecule has 0 saturated heterocycles. The first-order valence-electron chi connectivity index (χ1n) is 5.70. The van der Waals surface area contributed by atoms with Crippen LogP contribution in [0, 0.1) is 0 Å². The van der Waals surface area contributed by atoms with Crippen LogP contribution in [0.1, 0.15) is 30.6 Å². The topological polar surface area (TPSA) is 43.4 Å². The summed E-state index contributed by atoms with van der Waals surface area (Å²) in [5, 5.41) is 1.94. The van der Waals surface area contributed by atoms with Crippen molar-refractivity contribution in [2.75, 3.05) is 0 Å². The van der Waals surface area contributed by atoms with Gasteiger partial charge in [-0.3, -0.25) is 4.79 Å². The van der Waals surface area contributed by atoms with E-state index in [1.165, 1.54) is 6.08 Å². The van der Waals surface area contributed by atoms with Crippen LogP contribution in [-0.4, -0.2) is 17.9 Å². The lowest BCUT2D eigenvalue weighted by Gasteiger charge is -2.19. The van der Waals surface area contributed by atoms with Crippen molar-refractivity contribution < 1.29 is 14.3 Å². The molecule has 0 aliphatic heterocycles. The van der Waals surface area contributed by atoms with E-state index in [4.69, 9.17) is 4.74 Å². The van der Waals surface area contributed by atoms with E-state index in [0.29, 0.717) is 12.8 Å². The average molecular weight is 250 g/mol. The quantitative estimate of drug-likeness (QED) is 0.612. The molecule has 90 valence electrons. The SMILES string of the molecule is O=C(/C=C/c1cccs1)O[C@@H]1CCCCC1=O. The largest absolute Gasteiger partial charge is 0.451 e. The number of Topliss-reactive ketones (excluding diaryl/α,β-unsaturated/α-hetero) is 1. The maximum absolute atomic E-state index is 11.5. The van der Waals surface area contributed by atoms with Gasteiger partial charge in [-0.1, -0.05) is 6.07 Å². The molecule has 17 heavy (non-hydrogen) atoms. The lowest BCUT2D eigenvalue weighted by molar-refractivity contribution is -0.152. The second kappa shape index (κ2) is 5.77. The third-order valence-electron chi connectivity index (χ3n) is 2.68. The van der Waals surface area contributed by atoms with Crippen molar-refractivity contribution in [2.24, 2.45) is 0 Å². The van der Waals surface area contributed by atoms with Gasteiger partial charge in [-0.15, -0.1) is 11.3 Å². The van der Waals surface area contributed by atoms with Crippen molar-refractivity contribution in [3.8, 4) is 0 Å². The van der Waals surface area contributed by atoms with Gasteiger partial charge in [0.05, 0.1) is 0 Å². The number of esters is 1. The van der Waals surface area contributed by atoms with Crippen molar-refractivity contribution >= 4 is 29.2 Å². The first-order valence-corrected chi connectivity index (χ1v) is 6.58. The molecule has 1 fully saturated rings. The molecule has 0 unspecified atom stereocenters. The molecule has 0 radical (unpaired) electrons. The molecular weight excluding hydrogens is 236 g/mol. The van der Waals surface area contributed by atoms with Gasteiger partial charge in [0, 0.05) is 17.4 Å². The van der Waals surface area contributed by atoms with Crippen LogP contribution < -0.4 is 0 Å². The van der Waals surface area contributed by atoms with Crippen LogP contribution in [0.3, 0.4) is 0 Å². The van der Waals surface area contributed by atoms with Crippen molar-refractivity contribution in [3.63, 3.8) is 0 Å². The minimum absolute atomic E-state index is 0.0501. The summed E-state index contributed by atoms with van der Waals surface area (Å²) in [6.07, 6.45) is 5.64. The van der Waals surface area contributed by atoms with E-state index in [9.17, 15) is 9.59 Å². The van der Waals surface area contributed by atoms with Gasteiger partial charge in [0.1, 0.15) is 0 Å². The Morgan fingerprint density at radius 3 is 3.06 bits per heavy atom. The molecule has 0 amide bonds. The normalized spacial score (nSPS) is 20.7. The number of ketones is 1. The fraction of sp³-hybridized carbons (Fsp3) is 0.385. The van der Waals surface area contributed by atoms with Crippen molar-refractivity contribution in [2.45, 2.75) is 31.8 Å². The highest BCUT2D eigenvalue weighted by molar-refractivity contribution is 7.10. The predicted molar refractivity (Wildman–Crippen MR) is 66.7 cm³/mol. The van der Waals surface area contributed by atoms with Crippen LogP contribution in [0.25, 0.3) is 6.08 Å². The molecular formula is C13H14O3S. The Morgan fingerprint density at radius 2 is 2.35 bits per heavy atom. The predicted octanol–water partition coefficient (Wildman–Crippen LogP) is 2.82. The van der Waals surface area contributed by atoms with Crippen LogP contribution in [0.5, 0.6) is 0 Å². The Balaban J connectivity index is 1.86. The molecule has 3 nitrogen and oxygen atoms in total. The van der Waals surface area contributed by atoms with Crippen LogP contribution in [0.4, 0.5) is 0 Å². The summed E-state index contributed by atoms with van der Waals surface area (Å²) in [5.74, 6) is -0.382. The molecule has 0 bridgehead atoms. The first kappa shape index (κ1) is 12.0. The molecule has 2 rings (SSSR count). The Labute approximate surface area is 104 Å². The highest BCUT2D eigenvalue weighted by Gasteiger charge is 2.24. The highest BCUT2D eigenvalue weighted by atomic mass is 32.1. The number of thiophene rings is 1. The van der Waals surface area contributed by atoms with Gasteiger partial charge in [0.25, 0.3) is 0 Å². The van der Waals surface area contributed by atoms with E-state index < -0.39 is 12.1 Å². The lowest BCUT2D eigenvalue weighted by Crippen LogP contribution is -2.29. The van der Waals surface area contributed by atoms with Crippen LogP contribution in [0.15, 0.2) is 23.6 Å². The van der Waals surface area contributed by atoms with Crippen LogP contribution >= 0.6 is 11.3 Å². The van der Waals surface area contributed by atoms with Crippen molar-refractivity contribution in [1.29, 1.82) is 0 Å². The minimum atomic E-state index is -0.524. The highest BCUT2D eigenvalue weighted by Crippen LogP contribution is 2.18. The summed E-state index contributed by atoms with van der Waals surface area (Å²) < 4.78 is 5.13. The van der Waals surface area contributed by atoms with Gasteiger partial charge in [-0.05, 0) is 36.8 Å². The zero-order chi connectivity index (χ0) is 12.1. The number of carbonyl (C=O) groups is 2. The fourth-order valence-electron chi connectivity index (χ4n) is 1.79. The van der Waals surface area contributed by atoms with Gasteiger partial charge in [-0.2, -0.15) is 0 Å². The van der Waals surface area contributed by atoms with E-state index >= 15 is 0 Å². The monoisotopic (exact) mass is 250 g/mol. The fourth-order valence-corrected chi connectivity index (χ4v) is 2.41. The van der Waals surface area contributed by atoms with Gasteiger partial charge in [0.15, 0.2) is 11.9 Å². The smallest absolute Gasteiger partial charge is 0.331 e.